The molecule has 0 radical (unpaired) electrons. The van der Waals surface area contributed by atoms with Crippen molar-refractivity contribution in [1.82, 2.24) is 5.32 Å². The molecule has 0 aliphatic heterocycles. The summed E-state index contributed by atoms with van der Waals surface area (Å²) in [6.07, 6.45) is 1.07. The minimum atomic E-state index is -0.0419. The molecular formula is C20H23Cl2NOS. The number of halogens is 2. The highest BCUT2D eigenvalue weighted by Gasteiger charge is 2.12. The van der Waals surface area contributed by atoms with Gasteiger partial charge in [-0.2, -0.15) is 0 Å². The fourth-order valence-electron chi connectivity index (χ4n) is 2.54. The maximum Gasteiger partial charge on any atom is 0.230 e. The molecular weight excluding hydrogens is 373 g/mol. The van der Waals surface area contributed by atoms with Gasteiger partial charge in [0.2, 0.25) is 5.91 Å². The maximum absolute atomic E-state index is 12.2. The molecule has 0 unspecified atom stereocenters. The predicted molar refractivity (Wildman–Crippen MR) is 109 cm³/mol. The number of amides is 1. The van der Waals surface area contributed by atoms with Gasteiger partial charge in [0.05, 0.1) is 21.8 Å². The zero-order valence-corrected chi connectivity index (χ0v) is 17.0. The van der Waals surface area contributed by atoms with E-state index in [4.69, 9.17) is 23.2 Å². The van der Waals surface area contributed by atoms with Crippen molar-refractivity contribution in [3.05, 3.63) is 63.6 Å². The number of carbonyl (C=O) groups excluding carboxylic acids is 1. The molecule has 0 heterocycles. The van der Waals surface area contributed by atoms with Gasteiger partial charge in [-0.25, -0.2) is 0 Å². The van der Waals surface area contributed by atoms with Gasteiger partial charge in [-0.1, -0.05) is 67.4 Å². The standard InChI is InChI=1S/C20H23Cl2NOS/c1-13(2)11-15-7-9-16(10-8-15)14(3)23-19(24)12-25-20-17(21)5-4-6-18(20)22/h4-10,13-14H,11-12H2,1-3H3,(H,23,24)/t14-/m1/s1. The van der Waals surface area contributed by atoms with Gasteiger partial charge in [-0.15, -0.1) is 11.8 Å². The Morgan fingerprint density at radius 1 is 1.04 bits per heavy atom. The van der Waals surface area contributed by atoms with E-state index in [0.29, 0.717) is 16.0 Å². The summed E-state index contributed by atoms with van der Waals surface area (Å²) in [4.78, 5) is 13.0. The molecule has 0 aliphatic rings. The molecule has 0 saturated heterocycles. The molecule has 2 nitrogen and oxygen atoms in total. The number of hydrogen-bond acceptors (Lipinski definition) is 2. The molecule has 0 aromatic heterocycles. The Bertz CT molecular complexity index is 696. The van der Waals surface area contributed by atoms with Gasteiger partial charge >= 0.3 is 0 Å². The molecule has 0 bridgehead atoms. The number of benzene rings is 2. The molecule has 2 rings (SSSR count). The highest BCUT2D eigenvalue weighted by molar-refractivity contribution is 8.00. The van der Waals surface area contributed by atoms with Crippen LogP contribution < -0.4 is 5.32 Å². The van der Waals surface area contributed by atoms with E-state index in [9.17, 15) is 4.79 Å². The Kier molecular flexibility index (Phi) is 7.67. The van der Waals surface area contributed by atoms with E-state index in [1.165, 1.54) is 17.3 Å². The van der Waals surface area contributed by atoms with Crippen LogP contribution in [-0.4, -0.2) is 11.7 Å². The smallest absolute Gasteiger partial charge is 0.230 e. The summed E-state index contributed by atoms with van der Waals surface area (Å²) in [7, 11) is 0. The van der Waals surface area contributed by atoms with Crippen molar-refractivity contribution >= 4 is 40.9 Å². The molecule has 1 N–H and O–H groups in total. The van der Waals surface area contributed by atoms with E-state index in [0.717, 1.165) is 16.9 Å². The molecule has 0 aliphatic carbocycles. The third-order valence-corrected chi connectivity index (χ3v) is 5.76. The first-order valence-corrected chi connectivity index (χ1v) is 10.1. The average molecular weight is 396 g/mol. The molecule has 1 amide bonds. The summed E-state index contributed by atoms with van der Waals surface area (Å²) in [5, 5.41) is 4.16. The van der Waals surface area contributed by atoms with E-state index in [1.807, 2.05) is 6.92 Å². The van der Waals surface area contributed by atoms with Crippen LogP contribution in [0.1, 0.15) is 37.9 Å². The Labute approximate surface area is 164 Å². The Balaban J connectivity index is 1.89. The molecule has 0 spiro atoms. The third-order valence-electron chi connectivity index (χ3n) is 3.77. The Hall–Kier alpha value is -1.16. The van der Waals surface area contributed by atoms with Crippen LogP contribution in [0.5, 0.6) is 0 Å². The summed E-state index contributed by atoms with van der Waals surface area (Å²) in [5.74, 6) is 0.871. The van der Waals surface area contributed by atoms with Crippen molar-refractivity contribution in [2.24, 2.45) is 5.92 Å². The van der Waals surface area contributed by atoms with Gasteiger partial charge in [0.15, 0.2) is 0 Å². The molecule has 25 heavy (non-hydrogen) atoms. The average Bonchev–Trinajstić information content (AvgIpc) is 2.54. The number of hydrogen-bond donors (Lipinski definition) is 1. The van der Waals surface area contributed by atoms with Gasteiger partial charge in [-0.05, 0) is 42.5 Å². The van der Waals surface area contributed by atoms with Crippen LogP contribution in [0.25, 0.3) is 0 Å². The first kappa shape index (κ1) is 20.2. The van der Waals surface area contributed by atoms with Crippen LogP contribution in [0.4, 0.5) is 0 Å². The summed E-state index contributed by atoms with van der Waals surface area (Å²) < 4.78 is 0. The first-order valence-electron chi connectivity index (χ1n) is 8.32. The lowest BCUT2D eigenvalue weighted by Crippen LogP contribution is -2.28. The number of nitrogens with one attached hydrogen (secondary N) is 1. The van der Waals surface area contributed by atoms with Gasteiger partial charge in [0.25, 0.3) is 0 Å². The maximum atomic E-state index is 12.2. The van der Waals surface area contributed by atoms with E-state index in [1.54, 1.807) is 18.2 Å². The van der Waals surface area contributed by atoms with Gasteiger partial charge < -0.3 is 5.32 Å². The monoisotopic (exact) mass is 395 g/mol. The van der Waals surface area contributed by atoms with Crippen LogP contribution in [0.2, 0.25) is 10.0 Å². The van der Waals surface area contributed by atoms with Crippen LogP contribution >= 0.6 is 35.0 Å². The van der Waals surface area contributed by atoms with Crippen molar-refractivity contribution in [3.63, 3.8) is 0 Å². The van der Waals surface area contributed by atoms with Crippen molar-refractivity contribution in [2.75, 3.05) is 5.75 Å². The quantitative estimate of drug-likeness (QED) is 0.568. The van der Waals surface area contributed by atoms with Crippen molar-refractivity contribution in [2.45, 2.75) is 38.1 Å². The van der Waals surface area contributed by atoms with Crippen LogP contribution in [-0.2, 0) is 11.2 Å². The molecule has 2 aromatic rings. The van der Waals surface area contributed by atoms with Gasteiger partial charge in [-0.3, -0.25) is 4.79 Å². The Morgan fingerprint density at radius 3 is 2.20 bits per heavy atom. The van der Waals surface area contributed by atoms with E-state index < -0.39 is 0 Å². The van der Waals surface area contributed by atoms with Crippen LogP contribution in [0.3, 0.4) is 0 Å². The van der Waals surface area contributed by atoms with Gasteiger partial charge in [0.1, 0.15) is 0 Å². The summed E-state index contributed by atoms with van der Waals surface area (Å²) in [6, 6.07) is 13.7. The lowest BCUT2D eigenvalue weighted by Gasteiger charge is -2.15. The number of thioether (sulfide) groups is 1. The second-order valence-electron chi connectivity index (χ2n) is 6.47. The zero-order valence-electron chi connectivity index (χ0n) is 14.7. The lowest BCUT2D eigenvalue weighted by atomic mass is 10.00. The van der Waals surface area contributed by atoms with E-state index in [2.05, 4.69) is 43.4 Å². The Morgan fingerprint density at radius 2 is 1.64 bits per heavy atom. The minimum Gasteiger partial charge on any atom is -0.349 e. The SMILES string of the molecule is CC(C)Cc1ccc([C@@H](C)NC(=O)CSc2c(Cl)cccc2Cl)cc1. The van der Waals surface area contributed by atoms with Crippen LogP contribution in [0, 0.1) is 5.92 Å². The summed E-state index contributed by atoms with van der Waals surface area (Å²) in [5.41, 5.74) is 2.42. The highest BCUT2D eigenvalue weighted by atomic mass is 35.5. The van der Waals surface area contributed by atoms with Crippen molar-refractivity contribution in [1.29, 1.82) is 0 Å². The topological polar surface area (TPSA) is 29.1 Å². The largest absolute Gasteiger partial charge is 0.349 e. The molecule has 2 aromatic carbocycles. The minimum absolute atomic E-state index is 0.0390. The zero-order chi connectivity index (χ0) is 18.4. The molecule has 5 heteroatoms. The number of rotatable bonds is 7. The normalized spacial score (nSPS) is 12.2. The summed E-state index contributed by atoms with van der Waals surface area (Å²) >= 11 is 13.6. The first-order chi connectivity index (χ1) is 11.9. The predicted octanol–water partition coefficient (Wildman–Crippen LogP) is 6.16. The van der Waals surface area contributed by atoms with Crippen LogP contribution in [0.15, 0.2) is 47.4 Å². The third kappa shape index (κ3) is 6.25. The molecule has 134 valence electrons. The van der Waals surface area contributed by atoms with Crippen molar-refractivity contribution in [3.8, 4) is 0 Å². The fraction of sp³-hybridized carbons (Fsp3) is 0.350. The second-order valence-corrected chi connectivity index (χ2v) is 8.27. The van der Waals surface area contributed by atoms with Crippen molar-refractivity contribution < 1.29 is 4.79 Å². The summed E-state index contributed by atoms with van der Waals surface area (Å²) in [6.45, 7) is 6.40. The van der Waals surface area contributed by atoms with E-state index >= 15 is 0 Å². The molecule has 0 fully saturated rings. The molecule has 1 atom stereocenters. The lowest BCUT2D eigenvalue weighted by molar-refractivity contribution is -0.119. The number of carbonyl (C=O) groups is 1. The van der Waals surface area contributed by atoms with E-state index in [-0.39, 0.29) is 17.7 Å². The fourth-order valence-corrected chi connectivity index (χ4v) is 4.03. The highest BCUT2D eigenvalue weighted by Crippen LogP contribution is 2.33. The van der Waals surface area contributed by atoms with Gasteiger partial charge in [0, 0.05) is 4.90 Å². The molecule has 0 saturated carbocycles. The second kappa shape index (κ2) is 9.51.